The van der Waals surface area contributed by atoms with Gasteiger partial charge in [-0.3, -0.25) is 4.79 Å². The number of hydrogen-bond acceptors (Lipinski definition) is 5. The van der Waals surface area contributed by atoms with Crippen molar-refractivity contribution in [1.82, 2.24) is 5.43 Å². The molecule has 0 radical (unpaired) electrons. The summed E-state index contributed by atoms with van der Waals surface area (Å²) in [4.78, 5) is 25.3. The van der Waals surface area contributed by atoms with Crippen LogP contribution in [0.15, 0.2) is 94.5 Å². The Hall–Kier alpha value is -3.97. The first kappa shape index (κ1) is 23.2. The molecule has 7 heteroatoms. The largest absolute Gasteiger partial charge is 0.494 e. The number of rotatable bonds is 7. The Bertz CT molecular complexity index is 1360. The zero-order chi connectivity index (χ0) is 23.9. The Morgan fingerprint density at radius 2 is 1.74 bits per heavy atom. The van der Waals surface area contributed by atoms with Crippen LogP contribution >= 0.6 is 15.9 Å². The molecule has 4 rings (SSSR count). The molecule has 0 fully saturated rings. The number of esters is 1. The van der Waals surface area contributed by atoms with Gasteiger partial charge in [-0.25, -0.2) is 10.2 Å². The van der Waals surface area contributed by atoms with Crippen molar-refractivity contribution < 1.29 is 19.1 Å². The summed E-state index contributed by atoms with van der Waals surface area (Å²) < 4.78 is 11.8. The highest BCUT2D eigenvalue weighted by atomic mass is 79.9. The van der Waals surface area contributed by atoms with Gasteiger partial charge in [-0.15, -0.1) is 0 Å². The van der Waals surface area contributed by atoms with Gasteiger partial charge in [0, 0.05) is 15.6 Å². The number of carbonyl (C=O) groups excluding carboxylic acids is 2. The molecule has 1 N–H and O–H groups in total. The lowest BCUT2D eigenvalue weighted by atomic mass is 10.0. The number of hydrogen-bond donors (Lipinski definition) is 1. The average molecular weight is 517 g/mol. The van der Waals surface area contributed by atoms with E-state index in [1.807, 2.05) is 43.3 Å². The molecule has 0 saturated carbocycles. The number of amides is 1. The summed E-state index contributed by atoms with van der Waals surface area (Å²) in [5.74, 6) is 0.137. The summed E-state index contributed by atoms with van der Waals surface area (Å²) in [6.07, 6.45) is 1.44. The van der Waals surface area contributed by atoms with Crippen LogP contribution in [0.3, 0.4) is 0 Å². The molecule has 6 nitrogen and oxygen atoms in total. The summed E-state index contributed by atoms with van der Waals surface area (Å²) in [6, 6.07) is 25.0. The zero-order valence-electron chi connectivity index (χ0n) is 18.3. The van der Waals surface area contributed by atoms with Crippen LogP contribution in [0.1, 0.15) is 33.2 Å². The Kier molecular flexibility index (Phi) is 7.34. The molecule has 0 atom stereocenters. The zero-order valence-corrected chi connectivity index (χ0v) is 19.9. The third kappa shape index (κ3) is 5.50. The molecule has 0 aromatic heterocycles. The Morgan fingerprint density at radius 3 is 2.53 bits per heavy atom. The van der Waals surface area contributed by atoms with Gasteiger partial charge in [-0.2, -0.15) is 5.10 Å². The minimum Gasteiger partial charge on any atom is -0.494 e. The third-order valence-corrected chi connectivity index (χ3v) is 5.47. The fourth-order valence-corrected chi connectivity index (χ4v) is 3.75. The van der Waals surface area contributed by atoms with Crippen LogP contribution in [0.4, 0.5) is 0 Å². The molecule has 0 saturated heterocycles. The normalized spacial score (nSPS) is 10.9. The maximum atomic E-state index is 12.7. The number of hydrazone groups is 1. The Morgan fingerprint density at radius 1 is 0.971 bits per heavy atom. The number of nitrogens with zero attached hydrogens (tertiary/aromatic N) is 1. The van der Waals surface area contributed by atoms with Gasteiger partial charge in [0.15, 0.2) is 0 Å². The Balaban J connectivity index is 1.49. The second-order valence-corrected chi connectivity index (χ2v) is 8.17. The molecular formula is C27H21BrN2O4. The molecule has 0 unspecified atom stereocenters. The number of nitrogens with one attached hydrogen (secondary N) is 1. The van der Waals surface area contributed by atoms with Crippen LogP contribution < -0.4 is 14.9 Å². The minimum absolute atomic E-state index is 0.310. The van der Waals surface area contributed by atoms with Crippen molar-refractivity contribution in [2.45, 2.75) is 6.92 Å². The van der Waals surface area contributed by atoms with E-state index in [2.05, 4.69) is 26.5 Å². The van der Waals surface area contributed by atoms with Gasteiger partial charge in [-0.1, -0.05) is 52.3 Å². The maximum Gasteiger partial charge on any atom is 0.343 e. The lowest BCUT2D eigenvalue weighted by Gasteiger charge is -2.09. The summed E-state index contributed by atoms with van der Waals surface area (Å²) in [7, 11) is 0. The molecule has 0 bridgehead atoms. The lowest BCUT2D eigenvalue weighted by molar-refractivity contribution is 0.0734. The number of halogens is 1. The first-order chi connectivity index (χ1) is 16.5. The average Bonchev–Trinajstić information content (AvgIpc) is 2.85. The van der Waals surface area contributed by atoms with Gasteiger partial charge in [-0.05, 0) is 66.2 Å². The van der Waals surface area contributed by atoms with Crippen LogP contribution in [-0.4, -0.2) is 24.7 Å². The predicted octanol–water partition coefficient (Wildman–Crippen LogP) is 5.98. The van der Waals surface area contributed by atoms with Crippen LogP contribution in [-0.2, 0) is 0 Å². The van der Waals surface area contributed by atoms with E-state index >= 15 is 0 Å². The molecule has 34 heavy (non-hydrogen) atoms. The third-order valence-electron chi connectivity index (χ3n) is 4.98. The minimum atomic E-state index is -0.514. The number of carbonyl (C=O) groups is 2. The van der Waals surface area contributed by atoms with E-state index in [1.165, 1.54) is 6.21 Å². The molecule has 170 valence electrons. The number of benzene rings is 4. The second kappa shape index (κ2) is 10.8. The molecule has 0 spiro atoms. The van der Waals surface area contributed by atoms with Crippen LogP contribution in [0.25, 0.3) is 10.8 Å². The highest BCUT2D eigenvalue weighted by Crippen LogP contribution is 2.24. The lowest BCUT2D eigenvalue weighted by Crippen LogP contribution is -2.18. The molecule has 4 aromatic rings. The van der Waals surface area contributed by atoms with E-state index in [4.69, 9.17) is 9.47 Å². The molecule has 0 aliphatic heterocycles. The summed E-state index contributed by atoms with van der Waals surface area (Å²) in [5.41, 5.74) is 3.98. The van der Waals surface area contributed by atoms with E-state index in [9.17, 15) is 9.59 Å². The van der Waals surface area contributed by atoms with Crippen molar-refractivity contribution >= 4 is 44.8 Å². The summed E-state index contributed by atoms with van der Waals surface area (Å²) in [6.45, 7) is 2.44. The Labute approximate surface area is 205 Å². The van der Waals surface area contributed by atoms with Crippen molar-refractivity contribution in [2.75, 3.05) is 6.61 Å². The first-order valence-electron chi connectivity index (χ1n) is 10.6. The highest BCUT2D eigenvalue weighted by molar-refractivity contribution is 9.10. The van der Waals surface area contributed by atoms with Crippen molar-refractivity contribution in [2.24, 2.45) is 5.10 Å². The monoisotopic (exact) mass is 516 g/mol. The van der Waals surface area contributed by atoms with Gasteiger partial charge >= 0.3 is 5.97 Å². The fourth-order valence-electron chi connectivity index (χ4n) is 3.37. The van der Waals surface area contributed by atoms with Gasteiger partial charge in [0.2, 0.25) is 0 Å². The van der Waals surface area contributed by atoms with Crippen molar-refractivity contribution in [3.63, 3.8) is 0 Å². The summed E-state index contributed by atoms with van der Waals surface area (Å²) in [5, 5.41) is 5.89. The van der Waals surface area contributed by atoms with Crippen molar-refractivity contribution in [3.8, 4) is 11.5 Å². The van der Waals surface area contributed by atoms with Gasteiger partial charge in [0.25, 0.3) is 5.91 Å². The summed E-state index contributed by atoms with van der Waals surface area (Å²) >= 11 is 3.41. The van der Waals surface area contributed by atoms with Crippen molar-refractivity contribution in [3.05, 3.63) is 106 Å². The first-order valence-corrected chi connectivity index (χ1v) is 11.4. The smallest absolute Gasteiger partial charge is 0.343 e. The fraction of sp³-hybridized carbons (Fsp3) is 0.0741. The van der Waals surface area contributed by atoms with Crippen LogP contribution in [0.2, 0.25) is 0 Å². The van der Waals surface area contributed by atoms with Gasteiger partial charge in [0.05, 0.1) is 18.4 Å². The van der Waals surface area contributed by atoms with Gasteiger partial charge in [0.1, 0.15) is 11.5 Å². The SMILES string of the molecule is CCOc1ccc(C(=O)Oc2ccc(Br)cc2/C=N/NC(=O)c2cccc3ccccc23)cc1. The molecular weight excluding hydrogens is 496 g/mol. The van der Waals surface area contributed by atoms with Gasteiger partial charge < -0.3 is 9.47 Å². The number of ether oxygens (including phenoxy) is 2. The van der Waals surface area contributed by atoms with Crippen LogP contribution in [0, 0.1) is 0 Å². The quantitative estimate of drug-likeness (QED) is 0.142. The molecule has 0 aliphatic rings. The standard InChI is InChI=1S/C27H21BrN2O4/c1-2-33-22-13-10-19(11-14-22)27(32)34-25-15-12-21(28)16-20(25)17-29-30-26(31)24-9-5-7-18-6-3-4-8-23(18)24/h3-17H,2H2,1H3,(H,30,31)/b29-17+. The van der Waals surface area contributed by atoms with E-state index in [1.54, 1.807) is 48.5 Å². The maximum absolute atomic E-state index is 12.7. The van der Waals surface area contributed by atoms with E-state index in [0.29, 0.717) is 34.8 Å². The molecule has 0 heterocycles. The van der Waals surface area contributed by atoms with Crippen LogP contribution in [0.5, 0.6) is 11.5 Å². The predicted molar refractivity (Wildman–Crippen MR) is 136 cm³/mol. The topological polar surface area (TPSA) is 77.0 Å². The molecule has 0 aliphatic carbocycles. The van der Waals surface area contributed by atoms with E-state index in [-0.39, 0.29) is 5.91 Å². The van der Waals surface area contributed by atoms with E-state index < -0.39 is 5.97 Å². The van der Waals surface area contributed by atoms with Crippen molar-refractivity contribution in [1.29, 1.82) is 0 Å². The highest BCUT2D eigenvalue weighted by Gasteiger charge is 2.13. The van der Waals surface area contributed by atoms with E-state index in [0.717, 1.165) is 15.2 Å². The molecule has 4 aromatic carbocycles. The number of fused-ring (bicyclic) bond motifs is 1. The second-order valence-electron chi connectivity index (χ2n) is 7.25. The molecule has 1 amide bonds.